The van der Waals surface area contributed by atoms with E-state index in [4.69, 9.17) is 0 Å². The maximum atomic E-state index is 12.7. The molecule has 4 amide bonds. The highest BCUT2D eigenvalue weighted by Crippen LogP contribution is 2.08. The highest BCUT2D eigenvalue weighted by molar-refractivity contribution is 5.94. The average Bonchev–Trinajstić information content (AvgIpc) is 2.88. The summed E-state index contributed by atoms with van der Waals surface area (Å²) in [5, 5.41) is 11.3. The van der Waals surface area contributed by atoms with E-state index in [9.17, 15) is 19.2 Å². The molecule has 2 heterocycles. The summed E-state index contributed by atoms with van der Waals surface area (Å²) in [4.78, 5) is 56.9. The van der Waals surface area contributed by atoms with Crippen molar-refractivity contribution in [1.82, 2.24) is 25.9 Å². The molecule has 4 N–H and O–H groups in total. The van der Waals surface area contributed by atoms with Gasteiger partial charge >= 0.3 is 0 Å². The molecule has 2 aromatic rings. The summed E-state index contributed by atoms with van der Waals surface area (Å²) < 4.78 is 0. The molecule has 0 aromatic carbocycles. The first-order chi connectivity index (χ1) is 17.8. The van der Waals surface area contributed by atoms with Gasteiger partial charge in [-0.15, -0.1) is 0 Å². The second-order valence-electron chi connectivity index (χ2n) is 9.23. The number of nitrogens with one attached hydrogen (secondary N) is 4. The van der Waals surface area contributed by atoms with Crippen LogP contribution in [0.25, 0.3) is 0 Å². The molecular formula is C27H38N6O4. The van der Waals surface area contributed by atoms with Gasteiger partial charge < -0.3 is 21.3 Å². The van der Waals surface area contributed by atoms with Crippen molar-refractivity contribution in [1.29, 1.82) is 0 Å². The van der Waals surface area contributed by atoms with Crippen molar-refractivity contribution in [3.05, 3.63) is 54.6 Å². The molecule has 0 bridgehead atoms. The van der Waals surface area contributed by atoms with E-state index in [0.717, 1.165) is 0 Å². The standard InChI is InChI=1S/C27H38N6O4/c1-20(2)19-23(27(37)31-14-6-3-7-24(34)32-22-11-17-29-18-12-22)33-25(35)8-4-5-13-30-26(36)21-9-15-28-16-10-21/h9-12,15-18,20,23H,3-8,13-14,19H2,1-2H3,(H,30,36)(H,31,37)(H,33,35)(H,29,32,34)/t23-/m0/s1. The maximum absolute atomic E-state index is 12.7. The van der Waals surface area contributed by atoms with E-state index in [2.05, 4.69) is 31.2 Å². The number of hydrogen-bond acceptors (Lipinski definition) is 6. The lowest BCUT2D eigenvalue weighted by Crippen LogP contribution is -2.47. The van der Waals surface area contributed by atoms with Crippen molar-refractivity contribution in [2.24, 2.45) is 5.92 Å². The van der Waals surface area contributed by atoms with Gasteiger partial charge in [0.15, 0.2) is 0 Å². The predicted molar refractivity (Wildman–Crippen MR) is 142 cm³/mol. The second-order valence-corrected chi connectivity index (χ2v) is 9.23. The van der Waals surface area contributed by atoms with Gasteiger partial charge in [0, 0.05) is 62.0 Å². The number of unbranched alkanes of at least 4 members (excludes halogenated alkanes) is 2. The van der Waals surface area contributed by atoms with Crippen molar-refractivity contribution in [3.8, 4) is 0 Å². The van der Waals surface area contributed by atoms with Gasteiger partial charge in [0.1, 0.15) is 6.04 Å². The molecule has 0 fully saturated rings. The Balaban J connectivity index is 1.62. The molecule has 0 aliphatic carbocycles. The Labute approximate surface area is 218 Å². The van der Waals surface area contributed by atoms with E-state index >= 15 is 0 Å². The van der Waals surface area contributed by atoms with Gasteiger partial charge in [-0.1, -0.05) is 13.8 Å². The highest BCUT2D eigenvalue weighted by atomic mass is 16.2. The molecule has 0 unspecified atom stereocenters. The van der Waals surface area contributed by atoms with Gasteiger partial charge in [-0.3, -0.25) is 29.1 Å². The van der Waals surface area contributed by atoms with E-state index in [1.807, 2.05) is 13.8 Å². The Bertz CT molecular complexity index is 985. The minimum absolute atomic E-state index is 0.0839. The molecule has 1 atom stereocenters. The fourth-order valence-electron chi connectivity index (χ4n) is 3.59. The lowest BCUT2D eigenvalue weighted by molar-refractivity contribution is -0.129. The second kappa shape index (κ2) is 16.8. The van der Waals surface area contributed by atoms with E-state index in [1.54, 1.807) is 49.1 Å². The SMILES string of the molecule is CC(C)C[C@H](NC(=O)CCCCNC(=O)c1ccncc1)C(=O)NCCCCC(=O)Nc1ccncc1. The van der Waals surface area contributed by atoms with Gasteiger partial charge in [0.25, 0.3) is 5.91 Å². The molecule has 10 nitrogen and oxygen atoms in total. The summed E-state index contributed by atoms with van der Waals surface area (Å²) in [7, 11) is 0. The lowest BCUT2D eigenvalue weighted by atomic mass is 10.0. The first-order valence-electron chi connectivity index (χ1n) is 12.8. The number of hydrogen-bond donors (Lipinski definition) is 4. The van der Waals surface area contributed by atoms with Gasteiger partial charge in [-0.05, 0) is 62.3 Å². The van der Waals surface area contributed by atoms with Gasteiger partial charge in [0.05, 0.1) is 0 Å². The van der Waals surface area contributed by atoms with Crippen molar-refractivity contribution in [2.45, 2.75) is 64.8 Å². The Morgan fingerprint density at radius 2 is 1.32 bits per heavy atom. The number of amides is 4. The van der Waals surface area contributed by atoms with Crippen LogP contribution in [-0.2, 0) is 14.4 Å². The summed E-state index contributed by atoms with van der Waals surface area (Å²) in [6, 6.07) is 6.13. The third kappa shape index (κ3) is 12.6. The van der Waals surface area contributed by atoms with Crippen LogP contribution in [0.5, 0.6) is 0 Å². The zero-order valence-electron chi connectivity index (χ0n) is 21.7. The Kier molecular flexibility index (Phi) is 13.3. The number of rotatable bonds is 16. The summed E-state index contributed by atoms with van der Waals surface area (Å²) >= 11 is 0. The molecule has 0 aliphatic rings. The Morgan fingerprint density at radius 3 is 1.95 bits per heavy atom. The van der Waals surface area contributed by atoms with Crippen LogP contribution in [0, 0.1) is 5.92 Å². The van der Waals surface area contributed by atoms with Crippen LogP contribution in [0.1, 0.15) is 69.2 Å². The minimum atomic E-state index is -0.603. The molecule has 200 valence electrons. The fraction of sp³-hybridized carbons (Fsp3) is 0.481. The molecule has 0 saturated carbocycles. The minimum Gasteiger partial charge on any atom is -0.354 e. The van der Waals surface area contributed by atoms with Crippen LogP contribution >= 0.6 is 0 Å². The van der Waals surface area contributed by atoms with Crippen LogP contribution < -0.4 is 21.3 Å². The number of nitrogens with zero attached hydrogens (tertiary/aromatic N) is 2. The predicted octanol–water partition coefficient (Wildman–Crippen LogP) is 2.83. The third-order valence-electron chi connectivity index (χ3n) is 5.51. The fourth-order valence-corrected chi connectivity index (χ4v) is 3.59. The normalized spacial score (nSPS) is 11.4. The van der Waals surface area contributed by atoms with E-state index in [-0.39, 0.29) is 36.0 Å². The smallest absolute Gasteiger partial charge is 0.251 e. The number of aromatic nitrogens is 2. The zero-order valence-corrected chi connectivity index (χ0v) is 21.7. The number of carbonyl (C=O) groups excluding carboxylic acids is 4. The van der Waals surface area contributed by atoms with E-state index < -0.39 is 6.04 Å². The average molecular weight is 511 g/mol. The summed E-state index contributed by atoms with van der Waals surface area (Å²) in [5.41, 5.74) is 1.25. The van der Waals surface area contributed by atoms with Crippen LogP contribution in [-0.4, -0.2) is 52.7 Å². The van der Waals surface area contributed by atoms with Gasteiger partial charge in [0.2, 0.25) is 17.7 Å². The topological polar surface area (TPSA) is 142 Å². The summed E-state index contributed by atoms with van der Waals surface area (Å²) in [5.74, 6) is -0.424. The maximum Gasteiger partial charge on any atom is 0.251 e. The molecule has 2 aromatic heterocycles. The number of pyridine rings is 2. The molecular weight excluding hydrogens is 472 g/mol. The van der Waals surface area contributed by atoms with Crippen molar-refractivity contribution >= 4 is 29.3 Å². The monoisotopic (exact) mass is 510 g/mol. The van der Waals surface area contributed by atoms with E-state index in [1.165, 1.54) is 0 Å². The van der Waals surface area contributed by atoms with Crippen molar-refractivity contribution < 1.29 is 19.2 Å². The molecule has 0 aliphatic heterocycles. The lowest BCUT2D eigenvalue weighted by Gasteiger charge is -2.20. The van der Waals surface area contributed by atoms with Crippen molar-refractivity contribution in [3.63, 3.8) is 0 Å². The zero-order chi connectivity index (χ0) is 26.9. The molecule has 0 spiro atoms. The highest BCUT2D eigenvalue weighted by Gasteiger charge is 2.21. The largest absolute Gasteiger partial charge is 0.354 e. The molecule has 37 heavy (non-hydrogen) atoms. The molecule has 0 radical (unpaired) electrons. The van der Waals surface area contributed by atoms with Crippen LogP contribution in [0.15, 0.2) is 49.1 Å². The first kappa shape index (κ1) is 29.4. The number of carbonyl (C=O) groups is 4. The summed E-state index contributed by atoms with van der Waals surface area (Å²) in [6.07, 6.45) is 10.1. The first-order valence-corrected chi connectivity index (χ1v) is 12.8. The number of anilines is 1. The van der Waals surface area contributed by atoms with Crippen LogP contribution in [0.3, 0.4) is 0 Å². The molecule has 2 rings (SSSR count). The Hall–Kier alpha value is -3.82. The van der Waals surface area contributed by atoms with Crippen molar-refractivity contribution in [2.75, 3.05) is 18.4 Å². The van der Waals surface area contributed by atoms with Gasteiger partial charge in [-0.2, -0.15) is 0 Å². The quantitative estimate of drug-likeness (QED) is 0.256. The Morgan fingerprint density at radius 1 is 0.757 bits per heavy atom. The molecule has 10 heteroatoms. The van der Waals surface area contributed by atoms with Crippen LogP contribution in [0.4, 0.5) is 5.69 Å². The van der Waals surface area contributed by atoms with Gasteiger partial charge in [-0.25, -0.2) is 0 Å². The molecule has 0 saturated heterocycles. The summed E-state index contributed by atoms with van der Waals surface area (Å²) in [6.45, 7) is 4.90. The van der Waals surface area contributed by atoms with E-state index in [0.29, 0.717) is 62.9 Å². The third-order valence-corrected chi connectivity index (χ3v) is 5.51. The van der Waals surface area contributed by atoms with Crippen LogP contribution in [0.2, 0.25) is 0 Å².